The minimum absolute atomic E-state index is 0.486. The highest BCUT2D eigenvalue weighted by Crippen LogP contribution is 2.25. The molecule has 0 aliphatic rings. The molecule has 1 aromatic heterocycles. The SMILES string of the molecule is NCc1ccc2[nH]ccc2c1Cl. The Kier molecular flexibility index (Phi) is 1.79. The third-order valence-electron chi connectivity index (χ3n) is 1.97. The number of hydrogen-bond acceptors (Lipinski definition) is 1. The van der Waals surface area contributed by atoms with Crippen LogP contribution in [0, 0.1) is 0 Å². The first-order chi connectivity index (χ1) is 5.83. The fraction of sp³-hybridized carbons (Fsp3) is 0.111. The van der Waals surface area contributed by atoms with Crippen molar-refractivity contribution in [3.05, 3.63) is 35.0 Å². The average molecular weight is 181 g/mol. The van der Waals surface area contributed by atoms with Crippen LogP contribution in [0.2, 0.25) is 5.02 Å². The van der Waals surface area contributed by atoms with Gasteiger partial charge in [0.1, 0.15) is 0 Å². The van der Waals surface area contributed by atoms with E-state index in [1.54, 1.807) is 0 Å². The second kappa shape index (κ2) is 2.81. The summed E-state index contributed by atoms with van der Waals surface area (Å²) < 4.78 is 0. The second-order valence-corrected chi connectivity index (χ2v) is 3.06. The highest BCUT2D eigenvalue weighted by molar-refractivity contribution is 6.36. The Labute approximate surface area is 75.3 Å². The molecule has 0 unspecified atom stereocenters. The van der Waals surface area contributed by atoms with E-state index in [0.717, 1.165) is 21.5 Å². The molecule has 0 amide bonds. The minimum Gasteiger partial charge on any atom is -0.361 e. The van der Waals surface area contributed by atoms with Gasteiger partial charge in [0.2, 0.25) is 0 Å². The molecule has 1 heterocycles. The molecule has 0 radical (unpaired) electrons. The first-order valence-electron chi connectivity index (χ1n) is 3.77. The van der Waals surface area contributed by atoms with Crippen LogP contribution in [0.5, 0.6) is 0 Å². The quantitative estimate of drug-likeness (QED) is 0.695. The minimum atomic E-state index is 0.486. The van der Waals surface area contributed by atoms with Crippen molar-refractivity contribution in [2.75, 3.05) is 0 Å². The van der Waals surface area contributed by atoms with Crippen LogP contribution in [-0.4, -0.2) is 4.98 Å². The zero-order valence-electron chi connectivity index (χ0n) is 6.47. The summed E-state index contributed by atoms with van der Waals surface area (Å²) in [6.07, 6.45) is 1.87. The van der Waals surface area contributed by atoms with Gasteiger partial charge in [-0.15, -0.1) is 0 Å². The standard InChI is InChI=1S/C9H9ClN2/c10-9-6(5-11)1-2-8-7(9)3-4-12-8/h1-4,12H,5,11H2. The van der Waals surface area contributed by atoms with E-state index < -0.39 is 0 Å². The maximum atomic E-state index is 6.08. The number of nitrogens with one attached hydrogen (secondary N) is 1. The van der Waals surface area contributed by atoms with Gasteiger partial charge in [0.15, 0.2) is 0 Å². The number of H-pyrrole nitrogens is 1. The number of nitrogens with two attached hydrogens (primary N) is 1. The van der Waals surface area contributed by atoms with Crippen molar-refractivity contribution in [2.24, 2.45) is 5.73 Å². The predicted molar refractivity (Wildman–Crippen MR) is 51.2 cm³/mol. The zero-order valence-corrected chi connectivity index (χ0v) is 7.23. The van der Waals surface area contributed by atoms with Crippen LogP contribution in [0.15, 0.2) is 24.4 Å². The van der Waals surface area contributed by atoms with Crippen molar-refractivity contribution >= 4 is 22.5 Å². The number of halogens is 1. The predicted octanol–water partition coefficient (Wildman–Crippen LogP) is 2.28. The van der Waals surface area contributed by atoms with Gasteiger partial charge in [0, 0.05) is 23.6 Å². The summed E-state index contributed by atoms with van der Waals surface area (Å²) >= 11 is 6.08. The Morgan fingerprint density at radius 1 is 1.33 bits per heavy atom. The topological polar surface area (TPSA) is 41.8 Å². The van der Waals surface area contributed by atoms with Gasteiger partial charge >= 0.3 is 0 Å². The van der Waals surface area contributed by atoms with E-state index in [1.165, 1.54) is 0 Å². The summed E-state index contributed by atoms with van der Waals surface area (Å²) in [7, 11) is 0. The second-order valence-electron chi connectivity index (χ2n) is 2.68. The first kappa shape index (κ1) is 7.65. The molecule has 62 valence electrons. The molecule has 3 N–H and O–H groups in total. The molecule has 3 heteroatoms. The highest BCUT2D eigenvalue weighted by Gasteiger charge is 2.03. The molecule has 2 rings (SSSR count). The summed E-state index contributed by atoms with van der Waals surface area (Å²) in [5.41, 5.74) is 7.56. The lowest BCUT2D eigenvalue weighted by Crippen LogP contribution is -1.96. The molecule has 0 aliphatic carbocycles. The van der Waals surface area contributed by atoms with Crippen molar-refractivity contribution in [1.82, 2.24) is 4.98 Å². The number of benzene rings is 1. The Morgan fingerprint density at radius 2 is 2.17 bits per heavy atom. The van der Waals surface area contributed by atoms with Crippen molar-refractivity contribution < 1.29 is 0 Å². The van der Waals surface area contributed by atoms with Crippen LogP contribution in [0.25, 0.3) is 10.9 Å². The van der Waals surface area contributed by atoms with Crippen LogP contribution in [-0.2, 0) is 6.54 Å². The molecule has 0 aliphatic heterocycles. The molecule has 1 aromatic carbocycles. The molecular weight excluding hydrogens is 172 g/mol. The molecule has 0 atom stereocenters. The van der Waals surface area contributed by atoms with E-state index in [0.29, 0.717) is 6.54 Å². The third-order valence-corrected chi connectivity index (χ3v) is 2.41. The monoisotopic (exact) mass is 180 g/mol. The largest absolute Gasteiger partial charge is 0.361 e. The van der Waals surface area contributed by atoms with E-state index in [-0.39, 0.29) is 0 Å². The van der Waals surface area contributed by atoms with E-state index in [2.05, 4.69) is 4.98 Å². The van der Waals surface area contributed by atoms with Crippen molar-refractivity contribution in [2.45, 2.75) is 6.54 Å². The molecule has 12 heavy (non-hydrogen) atoms. The maximum Gasteiger partial charge on any atom is 0.0544 e. The smallest absolute Gasteiger partial charge is 0.0544 e. The molecule has 0 saturated heterocycles. The molecule has 0 saturated carbocycles. The number of hydrogen-bond donors (Lipinski definition) is 2. The van der Waals surface area contributed by atoms with Crippen LogP contribution >= 0.6 is 11.6 Å². The van der Waals surface area contributed by atoms with Gasteiger partial charge in [-0.05, 0) is 17.7 Å². The summed E-state index contributed by atoms with van der Waals surface area (Å²) in [4.78, 5) is 3.09. The summed E-state index contributed by atoms with van der Waals surface area (Å²) in [5, 5.41) is 1.80. The highest BCUT2D eigenvalue weighted by atomic mass is 35.5. The normalized spacial score (nSPS) is 10.8. The maximum absolute atomic E-state index is 6.08. The number of aromatic nitrogens is 1. The van der Waals surface area contributed by atoms with Gasteiger partial charge in [-0.25, -0.2) is 0 Å². The lowest BCUT2D eigenvalue weighted by atomic mass is 10.1. The van der Waals surface area contributed by atoms with Crippen molar-refractivity contribution in [3.63, 3.8) is 0 Å². The first-order valence-corrected chi connectivity index (χ1v) is 4.15. The van der Waals surface area contributed by atoms with Gasteiger partial charge in [-0.2, -0.15) is 0 Å². The van der Waals surface area contributed by atoms with Crippen molar-refractivity contribution in [1.29, 1.82) is 0 Å². The van der Waals surface area contributed by atoms with Gasteiger partial charge in [0.25, 0.3) is 0 Å². The zero-order chi connectivity index (χ0) is 8.55. The van der Waals surface area contributed by atoms with Crippen LogP contribution in [0.4, 0.5) is 0 Å². The Morgan fingerprint density at radius 3 is 2.92 bits per heavy atom. The Bertz CT molecular complexity index is 406. The number of rotatable bonds is 1. The number of aromatic amines is 1. The summed E-state index contributed by atoms with van der Waals surface area (Å²) in [6, 6.07) is 5.89. The van der Waals surface area contributed by atoms with E-state index in [4.69, 9.17) is 17.3 Å². The molecule has 0 bridgehead atoms. The lowest BCUT2D eigenvalue weighted by Gasteiger charge is -2.00. The van der Waals surface area contributed by atoms with Crippen LogP contribution < -0.4 is 5.73 Å². The van der Waals surface area contributed by atoms with Gasteiger partial charge in [-0.1, -0.05) is 17.7 Å². The van der Waals surface area contributed by atoms with Crippen LogP contribution in [0.3, 0.4) is 0 Å². The molecule has 2 aromatic rings. The third kappa shape index (κ3) is 1.00. The Balaban J connectivity index is 2.78. The van der Waals surface area contributed by atoms with Crippen molar-refractivity contribution in [3.8, 4) is 0 Å². The van der Waals surface area contributed by atoms with Crippen LogP contribution in [0.1, 0.15) is 5.56 Å². The van der Waals surface area contributed by atoms with E-state index >= 15 is 0 Å². The van der Waals surface area contributed by atoms with E-state index in [1.807, 2.05) is 24.4 Å². The molecular formula is C9H9ClN2. The van der Waals surface area contributed by atoms with E-state index in [9.17, 15) is 0 Å². The van der Waals surface area contributed by atoms with Gasteiger partial charge in [0.05, 0.1) is 5.02 Å². The van der Waals surface area contributed by atoms with Gasteiger partial charge < -0.3 is 10.7 Å². The number of fused-ring (bicyclic) bond motifs is 1. The molecule has 0 fully saturated rings. The summed E-state index contributed by atoms with van der Waals surface area (Å²) in [5.74, 6) is 0. The molecule has 0 spiro atoms. The molecule has 2 nitrogen and oxygen atoms in total. The van der Waals surface area contributed by atoms with Gasteiger partial charge in [-0.3, -0.25) is 0 Å². The summed E-state index contributed by atoms with van der Waals surface area (Å²) in [6.45, 7) is 0.486. The fourth-order valence-electron chi connectivity index (χ4n) is 1.30. The Hall–Kier alpha value is -0.990. The lowest BCUT2D eigenvalue weighted by molar-refractivity contribution is 1.08. The average Bonchev–Trinajstić information content (AvgIpc) is 2.53. The fourth-order valence-corrected chi connectivity index (χ4v) is 1.60.